The Morgan fingerprint density at radius 2 is 2.38 bits per heavy atom. The molecule has 0 spiro atoms. The lowest BCUT2D eigenvalue weighted by Crippen LogP contribution is -2.01. The Morgan fingerprint density at radius 1 is 1.75 bits per heavy atom. The molecule has 0 saturated heterocycles. The van der Waals surface area contributed by atoms with Gasteiger partial charge in [-0.3, -0.25) is 14.9 Å². The van der Waals surface area contributed by atoms with E-state index in [-0.39, 0.29) is 23.3 Å². The molecule has 0 fully saturated rings. The Morgan fingerprint density at radius 3 is 2.81 bits per heavy atom. The van der Waals surface area contributed by atoms with E-state index >= 15 is 0 Å². The number of hydrogen-bond donors (Lipinski definition) is 1. The zero-order valence-electron chi connectivity index (χ0n) is 8.80. The molecule has 1 N–H and O–H groups in total. The molecule has 0 aliphatic rings. The summed E-state index contributed by atoms with van der Waals surface area (Å²) in [5.74, 6) is -0.184. The fraction of sp³-hybridized carbons (Fsp3) is 0.444. The number of thioether (sulfide) groups is 1. The summed E-state index contributed by atoms with van der Waals surface area (Å²) < 4.78 is 0.469. The van der Waals surface area contributed by atoms with Crippen LogP contribution in [0.15, 0.2) is 10.3 Å². The molecule has 0 unspecified atom stereocenters. The molecule has 1 aromatic rings. The number of ketones is 1. The first-order valence-corrected chi connectivity index (χ1v) is 6.22. The van der Waals surface area contributed by atoms with Gasteiger partial charge in [-0.05, 0) is 6.92 Å². The van der Waals surface area contributed by atoms with Crippen molar-refractivity contribution in [2.24, 2.45) is 0 Å². The first-order chi connectivity index (χ1) is 7.45. The highest BCUT2D eigenvalue weighted by Gasteiger charge is 2.22. The lowest BCUT2D eigenvalue weighted by atomic mass is 10.3. The van der Waals surface area contributed by atoms with E-state index in [1.54, 1.807) is 6.92 Å². The number of aliphatic hydroxyl groups excluding tert-OH is 1. The number of nitrogens with zero attached hydrogens (tertiary/aromatic N) is 1. The number of carbonyl (C=O) groups is 1. The van der Waals surface area contributed by atoms with Gasteiger partial charge in [0, 0.05) is 11.3 Å². The summed E-state index contributed by atoms with van der Waals surface area (Å²) in [5.41, 5.74) is -0.0551. The molecular formula is C9H11NO4S2. The topological polar surface area (TPSA) is 80.4 Å². The monoisotopic (exact) mass is 261 g/mol. The van der Waals surface area contributed by atoms with Crippen LogP contribution in [0.4, 0.5) is 5.69 Å². The summed E-state index contributed by atoms with van der Waals surface area (Å²) in [6.07, 6.45) is 0. The molecule has 1 heterocycles. The molecule has 1 atom stereocenters. The maximum atomic E-state index is 11.1. The number of thiophene rings is 1. The molecule has 0 amide bonds. The van der Waals surface area contributed by atoms with Gasteiger partial charge in [-0.2, -0.15) is 0 Å². The number of Topliss-reactive ketones (excluding diaryl/α,β-unsaturated/α-hetero) is 1. The van der Waals surface area contributed by atoms with Crippen LogP contribution in [0.25, 0.3) is 0 Å². The lowest BCUT2D eigenvalue weighted by Gasteiger charge is -2.03. The van der Waals surface area contributed by atoms with Crippen LogP contribution >= 0.6 is 23.1 Å². The number of carbonyl (C=O) groups excluding carboxylic acids is 1. The van der Waals surface area contributed by atoms with E-state index in [1.165, 1.54) is 24.8 Å². The van der Waals surface area contributed by atoms with Gasteiger partial charge in [-0.25, -0.2) is 0 Å². The maximum Gasteiger partial charge on any atom is 0.294 e. The molecule has 0 aliphatic carbocycles. The Kier molecular flexibility index (Phi) is 4.45. The first-order valence-electron chi connectivity index (χ1n) is 4.52. The van der Waals surface area contributed by atoms with Crippen molar-refractivity contribution in [2.75, 3.05) is 6.61 Å². The summed E-state index contributed by atoms with van der Waals surface area (Å²) in [5, 5.41) is 19.5. The summed E-state index contributed by atoms with van der Waals surface area (Å²) in [6.45, 7) is 3.08. The van der Waals surface area contributed by atoms with Crippen LogP contribution in [0.5, 0.6) is 0 Å². The van der Waals surface area contributed by atoms with Gasteiger partial charge >= 0.3 is 0 Å². The fourth-order valence-corrected chi connectivity index (χ4v) is 3.37. The van der Waals surface area contributed by atoms with E-state index in [0.29, 0.717) is 9.09 Å². The SMILES string of the molecule is CC(=O)c1cc([N+](=O)[O-])c(S[C@@H](C)CO)s1. The van der Waals surface area contributed by atoms with Crippen molar-refractivity contribution in [3.8, 4) is 0 Å². The Labute approximate surface area is 101 Å². The molecule has 1 aromatic heterocycles. The van der Waals surface area contributed by atoms with Gasteiger partial charge in [-0.15, -0.1) is 23.1 Å². The van der Waals surface area contributed by atoms with Crippen molar-refractivity contribution in [1.82, 2.24) is 0 Å². The van der Waals surface area contributed by atoms with Crippen LogP contribution < -0.4 is 0 Å². The van der Waals surface area contributed by atoms with E-state index < -0.39 is 4.92 Å². The Hall–Kier alpha value is -0.920. The van der Waals surface area contributed by atoms with E-state index in [0.717, 1.165) is 11.3 Å². The molecule has 5 nitrogen and oxygen atoms in total. The summed E-state index contributed by atoms with van der Waals surface area (Å²) >= 11 is 2.31. The van der Waals surface area contributed by atoms with Crippen LogP contribution in [-0.2, 0) is 0 Å². The van der Waals surface area contributed by atoms with Gasteiger partial charge < -0.3 is 5.11 Å². The molecule has 7 heteroatoms. The molecule has 0 bridgehead atoms. The Balaban J connectivity index is 3.05. The smallest absolute Gasteiger partial charge is 0.294 e. The number of aliphatic hydroxyl groups is 1. The highest BCUT2D eigenvalue weighted by atomic mass is 32.2. The largest absolute Gasteiger partial charge is 0.395 e. The van der Waals surface area contributed by atoms with Crippen molar-refractivity contribution >= 4 is 34.6 Å². The van der Waals surface area contributed by atoms with E-state index in [9.17, 15) is 14.9 Å². The summed E-state index contributed by atoms with van der Waals surface area (Å²) in [4.78, 5) is 21.7. The lowest BCUT2D eigenvalue weighted by molar-refractivity contribution is -0.387. The van der Waals surface area contributed by atoms with Crippen molar-refractivity contribution in [3.63, 3.8) is 0 Å². The van der Waals surface area contributed by atoms with Gasteiger partial charge in [0.05, 0.1) is 16.4 Å². The van der Waals surface area contributed by atoms with E-state index in [4.69, 9.17) is 5.11 Å². The van der Waals surface area contributed by atoms with Crippen LogP contribution in [-0.4, -0.2) is 27.7 Å². The second-order valence-electron chi connectivity index (χ2n) is 3.21. The fourth-order valence-electron chi connectivity index (χ4n) is 0.970. The molecular weight excluding hydrogens is 250 g/mol. The molecule has 1 rings (SSSR count). The molecule has 0 saturated carbocycles. The minimum absolute atomic E-state index is 0.0551. The zero-order valence-corrected chi connectivity index (χ0v) is 10.4. The van der Waals surface area contributed by atoms with Gasteiger partial charge in [0.2, 0.25) is 0 Å². The van der Waals surface area contributed by atoms with Gasteiger partial charge in [0.25, 0.3) is 5.69 Å². The van der Waals surface area contributed by atoms with Gasteiger partial charge in [0.15, 0.2) is 5.78 Å². The highest BCUT2D eigenvalue weighted by Crippen LogP contribution is 2.39. The maximum absolute atomic E-state index is 11.1. The zero-order chi connectivity index (χ0) is 12.3. The molecule has 0 aromatic carbocycles. The highest BCUT2D eigenvalue weighted by molar-refractivity contribution is 8.01. The minimum Gasteiger partial charge on any atom is -0.395 e. The van der Waals surface area contributed by atoms with Crippen LogP contribution in [0.3, 0.4) is 0 Å². The van der Waals surface area contributed by atoms with E-state index in [2.05, 4.69) is 0 Å². The standard InChI is InChI=1S/C9H11NO4S2/c1-5(4-11)15-9-7(10(13)14)3-8(16-9)6(2)12/h3,5,11H,4H2,1-2H3/t5-/m0/s1. The Bertz CT molecular complexity index is 416. The third-order valence-electron chi connectivity index (χ3n) is 1.79. The van der Waals surface area contributed by atoms with Crippen LogP contribution in [0.1, 0.15) is 23.5 Å². The third kappa shape index (κ3) is 3.03. The molecule has 0 aliphatic heterocycles. The van der Waals surface area contributed by atoms with Crippen molar-refractivity contribution in [3.05, 3.63) is 21.1 Å². The molecule has 16 heavy (non-hydrogen) atoms. The third-order valence-corrected chi connectivity index (χ3v) is 4.32. The number of rotatable bonds is 5. The van der Waals surface area contributed by atoms with Crippen molar-refractivity contribution < 1.29 is 14.8 Å². The first kappa shape index (κ1) is 13.1. The average Bonchev–Trinajstić information content (AvgIpc) is 2.61. The van der Waals surface area contributed by atoms with Crippen LogP contribution in [0.2, 0.25) is 0 Å². The summed E-state index contributed by atoms with van der Waals surface area (Å²) in [7, 11) is 0. The van der Waals surface area contributed by atoms with E-state index in [1.807, 2.05) is 0 Å². The predicted molar refractivity (Wildman–Crippen MR) is 63.4 cm³/mol. The summed E-state index contributed by atoms with van der Waals surface area (Å²) in [6, 6.07) is 1.29. The van der Waals surface area contributed by atoms with Gasteiger partial charge in [0.1, 0.15) is 4.21 Å². The van der Waals surface area contributed by atoms with Crippen molar-refractivity contribution in [1.29, 1.82) is 0 Å². The predicted octanol–water partition coefficient (Wildman–Crippen LogP) is 2.33. The quantitative estimate of drug-likeness (QED) is 0.381. The van der Waals surface area contributed by atoms with Gasteiger partial charge in [-0.1, -0.05) is 6.92 Å². The van der Waals surface area contributed by atoms with Crippen molar-refractivity contribution in [2.45, 2.75) is 23.3 Å². The molecule has 0 radical (unpaired) electrons. The second kappa shape index (κ2) is 5.42. The number of hydrogen-bond acceptors (Lipinski definition) is 6. The normalized spacial score (nSPS) is 12.4. The van der Waals surface area contributed by atoms with Crippen LogP contribution in [0, 0.1) is 10.1 Å². The number of nitro groups is 1. The average molecular weight is 261 g/mol. The second-order valence-corrected chi connectivity index (χ2v) is 5.97. The minimum atomic E-state index is -0.505. The molecule has 88 valence electrons.